The van der Waals surface area contributed by atoms with Gasteiger partial charge in [-0.05, 0) is 36.4 Å². The van der Waals surface area contributed by atoms with Crippen molar-refractivity contribution >= 4 is 21.6 Å². The molecule has 0 aliphatic carbocycles. The van der Waals surface area contributed by atoms with Crippen molar-refractivity contribution in [2.75, 3.05) is 14.2 Å². The first-order chi connectivity index (χ1) is 13.1. The molecule has 2 aliphatic heterocycles. The fourth-order valence-corrected chi connectivity index (χ4v) is 4.14. The Morgan fingerprint density at radius 2 is 1.96 bits per heavy atom. The molecule has 0 aromatic heterocycles. The number of hydrogen-bond donors (Lipinski definition) is 0. The molecule has 0 radical (unpaired) electrons. The molecule has 5 nitrogen and oxygen atoms in total. The van der Waals surface area contributed by atoms with Crippen LogP contribution in [0.4, 0.5) is 0 Å². The summed E-state index contributed by atoms with van der Waals surface area (Å²) in [5.41, 5.74) is 3.27. The number of hydrogen-bond acceptors (Lipinski definition) is 5. The van der Waals surface area contributed by atoms with Gasteiger partial charge in [0.15, 0.2) is 17.7 Å². The van der Waals surface area contributed by atoms with E-state index in [-0.39, 0.29) is 12.3 Å². The molecule has 2 heterocycles. The molecule has 0 bridgehead atoms. The zero-order chi connectivity index (χ0) is 19.0. The average molecular weight is 431 g/mol. The number of halogens is 1. The fourth-order valence-electron chi connectivity index (χ4n) is 3.76. The number of nitrogens with zero attached hydrogens (tertiary/aromatic N) is 2. The van der Waals surface area contributed by atoms with Gasteiger partial charge < -0.3 is 14.2 Å². The van der Waals surface area contributed by atoms with E-state index in [1.807, 2.05) is 30.3 Å². The average Bonchev–Trinajstić information content (AvgIpc) is 3.14. The zero-order valence-electron chi connectivity index (χ0n) is 15.7. The Balaban J connectivity index is 1.71. The number of methoxy groups -OCH3 is 2. The number of hydrazone groups is 1. The van der Waals surface area contributed by atoms with E-state index in [1.165, 1.54) is 5.56 Å². The third-order valence-electron chi connectivity index (χ3n) is 5.08. The van der Waals surface area contributed by atoms with Crippen molar-refractivity contribution in [2.45, 2.75) is 38.5 Å². The summed E-state index contributed by atoms with van der Waals surface area (Å²) in [6.45, 7) is 2.17. The van der Waals surface area contributed by atoms with Gasteiger partial charge in [-0.1, -0.05) is 29.3 Å². The topological polar surface area (TPSA) is 43.3 Å². The van der Waals surface area contributed by atoms with Crippen molar-refractivity contribution in [2.24, 2.45) is 5.10 Å². The van der Waals surface area contributed by atoms with Gasteiger partial charge in [0.25, 0.3) is 0 Å². The molecule has 2 atom stereocenters. The minimum absolute atomic E-state index is 0.0358. The van der Waals surface area contributed by atoms with Gasteiger partial charge in [-0.15, -0.1) is 0 Å². The molecule has 0 amide bonds. The van der Waals surface area contributed by atoms with Crippen LogP contribution in [0.25, 0.3) is 0 Å². The lowest BCUT2D eigenvalue weighted by atomic mass is 9.96. The lowest BCUT2D eigenvalue weighted by Gasteiger charge is -2.38. The van der Waals surface area contributed by atoms with E-state index in [1.54, 1.807) is 14.2 Å². The summed E-state index contributed by atoms with van der Waals surface area (Å²) in [6.07, 6.45) is 2.78. The van der Waals surface area contributed by atoms with Gasteiger partial charge in [-0.2, -0.15) is 5.10 Å². The van der Waals surface area contributed by atoms with Crippen LogP contribution in [-0.4, -0.2) is 31.2 Å². The Morgan fingerprint density at radius 1 is 1.15 bits per heavy atom. The van der Waals surface area contributed by atoms with Crippen molar-refractivity contribution in [3.63, 3.8) is 0 Å². The smallest absolute Gasteiger partial charge is 0.187 e. The molecule has 6 heteroatoms. The van der Waals surface area contributed by atoms with E-state index in [4.69, 9.17) is 19.3 Å². The highest BCUT2D eigenvalue weighted by Gasteiger charge is 2.40. The van der Waals surface area contributed by atoms with Crippen LogP contribution >= 0.6 is 15.9 Å². The first-order valence-corrected chi connectivity index (χ1v) is 9.98. The van der Waals surface area contributed by atoms with Gasteiger partial charge in [-0.3, -0.25) is 5.01 Å². The molecule has 2 aromatic rings. The van der Waals surface area contributed by atoms with E-state index in [0.717, 1.165) is 46.5 Å². The maximum atomic E-state index is 6.26. The Bertz CT molecular complexity index is 884. The summed E-state index contributed by atoms with van der Waals surface area (Å²) in [5.74, 6) is 2.40. The molecule has 0 unspecified atom stereocenters. The quantitative estimate of drug-likeness (QED) is 0.658. The Hall–Kier alpha value is -2.21. The second-order valence-corrected chi connectivity index (χ2v) is 7.68. The number of benzene rings is 2. The van der Waals surface area contributed by atoms with Crippen molar-refractivity contribution in [1.82, 2.24) is 5.01 Å². The first-order valence-electron chi connectivity index (χ1n) is 9.19. The van der Waals surface area contributed by atoms with E-state index in [0.29, 0.717) is 5.75 Å². The third-order valence-corrected chi connectivity index (χ3v) is 5.58. The van der Waals surface area contributed by atoms with Crippen LogP contribution < -0.4 is 14.2 Å². The second kappa shape index (κ2) is 7.43. The van der Waals surface area contributed by atoms with Gasteiger partial charge in [0.1, 0.15) is 5.75 Å². The minimum atomic E-state index is -0.0358. The Labute approximate surface area is 168 Å². The maximum Gasteiger partial charge on any atom is 0.187 e. The van der Waals surface area contributed by atoms with Crippen molar-refractivity contribution < 1.29 is 14.2 Å². The van der Waals surface area contributed by atoms with E-state index in [9.17, 15) is 0 Å². The van der Waals surface area contributed by atoms with Crippen LogP contribution in [0.1, 0.15) is 43.4 Å². The van der Waals surface area contributed by atoms with Crippen LogP contribution in [0.15, 0.2) is 46.0 Å². The monoisotopic (exact) mass is 430 g/mol. The molecule has 0 saturated carbocycles. The molecule has 0 N–H and O–H groups in total. The number of ether oxygens (including phenoxy) is 3. The van der Waals surface area contributed by atoms with Crippen LogP contribution in [0.3, 0.4) is 0 Å². The van der Waals surface area contributed by atoms with Crippen LogP contribution in [0.5, 0.6) is 17.2 Å². The minimum Gasteiger partial charge on any atom is -0.493 e. The van der Waals surface area contributed by atoms with E-state index < -0.39 is 0 Å². The summed E-state index contributed by atoms with van der Waals surface area (Å²) in [5, 5.41) is 7.08. The summed E-state index contributed by atoms with van der Waals surface area (Å²) in [6, 6.07) is 12.4. The summed E-state index contributed by atoms with van der Waals surface area (Å²) < 4.78 is 18.1. The lowest BCUT2D eigenvalue weighted by molar-refractivity contribution is -0.0223. The van der Waals surface area contributed by atoms with Gasteiger partial charge in [0.2, 0.25) is 0 Å². The molecule has 0 saturated heterocycles. The van der Waals surface area contributed by atoms with E-state index in [2.05, 4.69) is 33.9 Å². The highest BCUT2D eigenvalue weighted by atomic mass is 79.9. The molecular weight excluding hydrogens is 408 g/mol. The molecule has 27 heavy (non-hydrogen) atoms. The first kappa shape index (κ1) is 18.2. The molecule has 2 aromatic carbocycles. The van der Waals surface area contributed by atoms with Crippen molar-refractivity contribution in [3.05, 3.63) is 52.0 Å². The fraction of sp³-hybridized carbons (Fsp3) is 0.381. The van der Waals surface area contributed by atoms with Gasteiger partial charge >= 0.3 is 0 Å². The summed E-state index contributed by atoms with van der Waals surface area (Å²) in [7, 11) is 3.30. The number of rotatable bonds is 5. The largest absolute Gasteiger partial charge is 0.493 e. The van der Waals surface area contributed by atoms with Crippen molar-refractivity contribution in [3.8, 4) is 17.2 Å². The van der Waals surface area contributed by atoms with Gasteiger partial charge in [0, 0.05) is 28.4 Å². The summed E-state index contributed by atoms with van der Waals surface area (Å²) in [4.78, 5) is 0. The van der Waals surface area contributed by atoms with Crippen molar-refractivity contribution in [1.29, 1.82) is 0 Å². The predicted molar refractivity (Wildman–Crippen MR) is 109 cm³/mol. The highest BCUT2D eigenvalue weighted by Crippen LogP contribution is 2.45. The molecule has 0 spiro atoms. The van der Waals surface area contributed by atoms with E-state index >= 15 is 0 Å². The van der Waals surface area contributed by atoms with Crippen LogP contribution in [0, 0.1) is 0 Å². The van der Waals surface area contributed by atoms with Gasteiger partial charge in [-0.25, -0.2) is 0 Å². The third kappa shape index (κ3) is 3.27. The highest BCUT2D eigenvalue weighted by molar-refractivity contribution is 9.10. The Kier molecular flexibility index (Phi) is 5.00. The zero-order valence-corrected chi connectivity index (χ0v) is 17.3. The second-order valence-electron chi connectivity index (χ2n) is 6.76. The lowest BCUT2D eigenvalue weighted by Crippen LogP contribution is -2.40. The maximum absolute atomic E-state index is 6.26. The SMILES string of the molecule is CCC[C@H]1Oc2ccc(Br)cc2[C@@H]2CC(c3ccc(OC)c(OC)c3)=NN12. The summed E-state index contributed by atoms with van der Waals surface area (Å²) >= 11 is 3.59. The van der Waals surface area contributed by atoms with Crippen LogP contribution in [-0.2, 0) is 0 Å². The standard InChI is InChI=1S/C21H23BrN2O3/c1-4-5-21-24-17(15-11-14(22)7-9-18(15)27-21)12-16(23-24)13-6-8-19(25-2)20(10-13)26-3/h6-11,17,21H,4-5,12H2,1-3H3/t17-,21+/m0/s1. The molecule has 142 valence electrons. The van der Waals surface area contributed by atoms with Gasteiger partial charge in [0.05, 0.1) is 26.0 Å². The predicted octanol–water partition coefficient (Wildman–Crippen LogP) is 5.14. The molecule has 0 fully saturated rings. The Morgan fingerprint density at radius 3 is 2.70 bits per heavy atom. The molecule has 4 rings (SSSR count). The number of fused-ring (bicyclic) bond motifs is 3. The molecule has 2 aliphatic rings. The normalized spacial score (nSPS) is 20.4. The van der Waals surface area contributed by atoms with Crippen LogP contribution in [0.2, 0.25) is 0 Å². The molecular formula is C21H23BrN2O3.